The number of aliphatic hydroxyl groups is 1. The molecule has 102 valence electrons. The summed E-state index contributed by atoms with van der Waals surface area (Å²) >= 11 is 0. The first-order chi connectivity index (χ1) is 8.01. The molecular weight excluding hydrogens is 232 g/mol. The van der Waals surface area contributed by atoms with E-state index in [1.807, 2.05) is 0 Å². The summed E-state index contributed by atoms with van der Waals surface area (Å²) in [5.41, 5.74) is 5.31. The van der Waals surface area contributed by atoms with Gasteiger partial charge in [0.1, 0.15) is 0 Å². The summed E-state index contributed by atoms with van der Waals surface area (Å²) in [5, 5.41) is 8.71. The molecule has 0 saturated heterocycles. The number of hydrogen-bond acceptors (Lipinski definition) is 4. The lowest BCUT2D eigenvalue weighted by Crippen LogP contribution is -2.42. The predicted molar refractivity (Wildman–Crippen MR) is 60.8 cm³/mol. The Morgan fingerprint density at radius 3 is 2.53 bits per heavy atom. The Bertz CT molecular complexity index is 218. The first-order valence-electron chi connectivity index (χ1n) is 5.56. The van der Waals surface area contributed by atoms with Gasteiger partial charge in [0.05, 0.1) is 19.7 Å². The smallest absolute Gasteiger partial charge is 0.251 e. The third-order valence-electron chi connectivity index (χ3n) is 2.29. The van der Waals surface area contributed by atoms with Gasteiger partial charge in [-0.05, 0) is 13.0 Å². The van der Waals surface area contributed by atoms with Crippen LogP contribution in [-0.4, -0.2) is 73.6 Å². The van der Waals surface area contributed by atoms with E-state index in [0.29, 0.717) is 19.5 Å². The summed E-state index contributed by atoms with van der Waals surface area (Å²) in [6.45, 7) is 0.211. The lowest BCUT2D eigenvalue weighted by molar-refractivity contribution is -0.131. The first-order valence-corrected chi connectivity index (χ1v) is 5.56. The Morgan fingerprint density at radius 2 is 2.06 bits per heavy atom. The molecule has 0 aromatic carbocycles. The summed E-state index contributed by atoms with van der Waals surface area (Å²) in [6.07, 6.45) is -1.83. The van der Waals surface area contributed by atoms with Crippen LogP contribution in [0.3, 0.4) is 0 Å². The van der Waals surface area contributed by atoms with E-state index in [9.17, 15) is 13.6 Å². The van der Waals surface area contributed by atoms with Crippen molar-refractivity contribution in [3.05, 3.63) is 0 Å². The van der Waals surface area contributed by atoms with Crippen molar-refractivity contribution < 1.29 is 18.7 Å². The van der Waals surface area contributed by atoms with Gasteiger partial charge < -0.3 is 15.7 Å². The van der Waals surface area contributed by atoms with E-state index in [2.05, 4.69) is 0 Å². The Morgan fingerprint density at radius 1 is 1.41 bits per heavy atom. The summed E-state index contributed by atoms with van der Waals surface area (Å²) in [4.78, 5) is 14.3. The molecule has 0 aromatic heterocycles. The molecule has 3 N–H and O–H groups in total. The van der Waals surface area contributed by atoms with Crippen molar-refractivity contribution in [3.8, 4) is 0 Å². The van der Waals surface area contributed by atoms with E-state index in [-0.39, 0.29) is 25.6 Å². The number of alkyl halides is 2. The molecule has 0 saturated carbocycles. The summed E-state index contributed by atoms with van der Waals surface area (Å²) in [7, 11) is 1.61. The number of carbonyl (C=O) groups is 1. The molecule has 0 radical (unpaired) electrons. The zero-order chi connectivity index (χ0) is 13.3. The zero-order valence-corrected chi connectivity index (χ0v) is 10.1. The number of carbonyl (C=O) groups excluding carboxylic acids is 1. The molecule has 0 heterocycles. The lowest BCUT2D eigenvalue weighted by atomic mass is 10.3. The number of nitrogens with two attached hydrogens (primary N) is 1. The molecule has 0 rings (SSSR count). The van der Waals surface area contributed by atoms with Gasteiger partial charge in [0.15, 0.2) is 0 Å². The standard InChI is InChI=1S/C10H21F2N3O2/c1-14(4-2-3-13)10(17)8-15(5-6-16)7-9(11)12/h9,16H,2-8,13H2,1H3. The molecule has 0 aromatic rings. The molecule has 1 amide bonds. The molecule has 0 aliphatic heterocycles. The van der Waals surface area contributed by atoms with E-state index in [0.717, 1.165) is 0 Å². The monoisotopic (exact) mass is 253 g/mol. The maximum Gasteiger partial charge on any atom is 0.251 e. The van der Waals surface area contributed by atoms with Crippen LogP contribution in [0, 0.1) is 0 Å². The highest BCUT2D eigenvalue weighted by Gasteiger charge is 2.17. The quantitative estimate of drug-likeness (QED) is 0.573. The van der Waals surface area contributed by atoms with Gasteiger partial charge in [-0.15, -0.1) is 0 Å². The van der Waals surface area contributed by atoms with Gasteiger partial charge in [-0.3, -0.25) is 9.69 Å². The number of rotatable bonds is 9. The van der Waals surface area contributed by atoms with Crippen LogP contribution < -0.4 is 5.73 Å². The minimum atomic E-state index is -2.51. The van der Waals surface area contributed by atoms with Crippen molar-refractivity contribution in [2.24, 2.45) is 5.73 Å². The van der Waals surface area contributed by atoms with Crippen molar-refractivity contribution in [1.29, 1.82) is 0 Å². The van der Waals surface area contributed by atoms with E-state index >= 15 is 0 Å². The molecule has 0 bridgehead atoms. The van der Waals surface area contributed by atoms with E-state index in [1.165, 1.54) is 9.80 Å². The number of nitrogens with zero attached hydrogens (tertiary/aromatic N) is 2. The highest BCUT2D eigenvalue weighted by Crippen LogP contribution is 1.99. The van der Waals surface area contributed by atoms with E-state index < -0.39 is 13.0 Å². The van der Waals surface area contributed by atoms with Crippen LogP contribution in [-0.2, 0) is 4.79 Å². The van der Waals surface area contributed by atoms with Crippen LogP contribution in [0.5, 0.6) is 0 Å². The number of likely N-dealkylation sites (N-methyl/N-ethyl adjacent to an activating group) is 1. The average molecular weight is 253 g/mol. The summed E-state index contributed by atoms with van der Waals surface area (Å²) < 4.78 is 24.4. The van der Waals surface area contributed by atoms with E-state index in [1.54, 1.807) is 7.05 Å². The fraction of sp³-hybridized carbons (Fsp3) is 0.900. The van der Waals surface area contributed by atoms with Crippen LogP contribution in [0.2, 0.25) is 0 Å². The molecule has 0 spiro atoms. The normalized spacial score (nSPS) is 11.2. The van der Waals surface area contributed by atoms with Gasteiger partial charge in [0.25, 0.3) is 6.43 Å². The highest BCUT2D eigenvalue weighted by molar-refractivity contribution is 5.77. The van der Waals surface area contributed by atoms with E-state index in [4.69, 9.17) is 10.8 Å². The third-order valence-corrected chi connectivity index (χ3v) is 2.29. The predicted octanol–water partition coefficient (Wildman–Crippen LogP) is -0.647. The van der Waals surface area contributed by atoms with Gasteiger partial charge in [-0.25, -0.2) is 8.78 Å². The van der Waals surface area contributed by atoms with Crippen LogP contribution in [0.4, 0.5) is 8.78 Å². The molecule has 0 atom stereocenters. The summed E-state index contributed by atoms with van der Waals surface area (Å²) in [5.74, 6) is -0.243. The van der Waals surface area contributed by atoms with Crippen molar-refractivity contribution in [2.75, 3.05) is 46.4 Å². The molecule has 7 heteroatoms. The first kappa shape index (κ1) is 16.2. The molecule has 0 aliphatic carbocycles. The third kappa shape index (κ3) is 8.00. The van der Waals surface area contributed by atoms with Gasteiger partial charge in [-0.2, -0.15) is 0 Å². The minimum Gasteiger partial charge on any atom is -0.395 e. The number of halogens is 2. The molecule has 5 nitrogen and oxygen atoms in total. The zero-order valence-electron chi connectivity index (χ0n) is 10.1. The molecular formula is C10H21F2N3O2. The fourth-order valence-electron chi connectivity index (χ4n) is 1.34. The molecule has 17 heavy (non-hydrogen) atoms. The maximum atomic E-state index is 12.2. The van der Waals surface area contributed by atoms with Crippen molar-refractivity contribution in [1.82, 2.24) is 9.80 Å². The van der Waals surface area contributed by atoms with Crippen LogP contribution >= 0.6 is 0 Å². The molecule has 0 fully saturated rings. The Kier molecular flexibility index (Phi) is 8.83. The maximum absolute atomic E-state index is 12.2. The average Bonchev–Trinajstić information content (AvgIpc) is 2.25. The number of amides is 1. The largest absolute Gasteiger partial charge is 0.395 e. The minimum absolute atomic E-state index is 0.0702. The second-order valence-electron chi connectivity index (χ2n) is 3.81. The van der Waals surface area contributed by atoms with Gasteiger partial charge in [0.2, 0.25) is 5.91 Å². The molecule has 0 aliphatic rings. The van der Waals surface area contributed by atoms with Crippen molar-refractivity contribution in [3.63, 3.8) is 0 Å². The second kappa shape index (κ2) is 9.26. The van der Waals surface area contributed by atoms with Crippen LogP contribution in [0.25, 0.3) is 0 Å². The number of hydrogen-bond donors (Lipinski definition) is 2. The van der Waals surface area contributed by atoms with Crippen molar-refractivity contribution in [2.45, 2.75) is 12.8 Å². The Labute approximate surface area is 100 Å². The fourth-order valence-corrected chi connectivity index (χ4v) is 1.34. The summed E-state index contributed by atoms with van der Waals surface area (Å²) in [6, 6.07) is 0. The second-order valence-corrected chi connectivity index (χ2v) is 3.81. The van der Waals surface area contributed by atoms with Gasteiger partial charge in [0, 0.05) is 20.1 Å². The van der Waals surface area contributed by atoms with Crippen LogP contribution in [0.1, 0.15) is 6.42 Å². The Balaban J connectivity index is 4.09. The Hall–Kier alpha value is -0.790. The van der Waals surface area contributed by atoms with Gasteiger partial charge >= 0.3 is 0 Å². The van der Waals surface area contributed by atoms with Crippen molar-refractivity contribution >= 4 is 5.91 Å². The topological polar surface area (TPSA) is 69.8 Å². The number of aliphatic hydroxyl groups excluding tert-OH is 1. The van der Waals surface area contributed by atoms with Crippen LogP contribution in [0.15, 0.2) is 0 Å². The highest BCUT2D eigenvalue weighted by atomic mass is 19.3. The van der Waals surface area contributed by atoms with Gasteiger partial charge in [-0.1, -0.05) is 0 Å². The lowest BCUT2D eigenvalue weighted by Gasteiger charge is -2.24. The SMILES string of the molecule is CN(CCCN)C(=O)CN(CCO)CC(F)F. The molecule has 0 unspecified atom stereocenters.